The summed E-state index contributed by atoms with van der Waals surface area (Å²) in [4.78, 5) is 12.5. The van der Waals surface area contributed by atoms with Crippen LogP contribution in [0.2, 0.25) is 0 Å². The molecule has 0 fully saturated rings. The minimum atomic E-state index is -0.309. The molecule has 0 radical (unpaired) electrons. The number of nitrogens with one attached hydrogen (secondary N) is 1. The van der Waals surface area contributed by atoms with E-state index in [2.05, 4.69) is 15.1 Å². The number of hydrazone groups is 1. The summed E-state index contributed by atoms with van der Waals surface area (Å²) in [5.74, 6) is 0.634. The van der Waals surface area contributed by atoms with Crippen LogP contribution < -0.4 is 14.9 Å². The number of carbonyl (C=O) groups excluding carboxylic acids is 1. The molecule has 3 rings (SSSR count). The molecule has 0 aliphatic carbocycles. The first-order valence-corrected chi connectivity index (χ1v) is 9.30. The number of nitriles is 1. The van der Waals surface area contributed by atoms with Gasteiger partial charge in [0.15, 0.2) is 18.1 Å². The first-order valence-electron chi connectivity index (χ1n) is 9.30. The van der Waals surface area contributed by atoms with Crippen LogP contribution in [-0.4, -0.2) is 30.4 Å². The van der Waals surface area contributed by atoms with E-state index < -0.39 is 0 Å². The maximum Gasteiger partial charge on any atom is 0.271 e. The smallest absolute Gasteiger partial charge is 0.271 e. The number of rotatable bonds is 7. The Morgan fingerprint density at radius 2 is 1.90 bits per heavy atom. The van der Waals surface area contributed by atoms with Crippen LogP contribution in [0, 0.1) is 25.2 Å². The molecule has 0 unspecified atom stereocenters. The van der Waals surface area contributed by atoms with Gasteiger partial charge in [-0.1, -0.05) is 6.07 Å². The van der Waals surface area contributed by atoms with Crippen LogP contribution >= 0.6 is 0 Å². The lowest BCUT2D eigenvalue weighted by atomic mass is 10.2. The number of methoxy groups -OCH3 is 1. The topological polar surface area (TPSA) is 88.6 Å². The van der Waals surface area contributed by atoms with Gasteiger partial charge in [0.05, 0.1) is 13.3 Å². The molecule has 3 aromatic rings. The van der Waals surface area contributed by atoms with Crippen molar-refractivity contribution in [1.29, 1.82) is 5.26 Å². The van der Waals surface area contributed by atoms with Gasteiger partial charge in [0.1, 0.15) is 6.07 Å². The van der Waals surface area contributed by atoms with Gasteiger partial charge in [0, 0.05) is 22.6 Å². The quantitative estimate of drug-likeness (QED) is 0.481. The number of aromatic nitrogens is 1. The molecule has 152 valence electrons. The normalized spacial score (nSPS) is 10.6. The van der Waals surface area contributed by atoms with Crippen molar-refractivity contribution in [2.24, 2.45) is 5.10 Å². The molecule has 1 heterocycles. The highest BCUT2D eigenvalue weighted by atomic mass is 16.5. The fourth-order valence-electron chi connectivity index (χ4n) is 3.09. The molecule has 30 heavy (non-hydrogen) atoms. The first kappa shape index (κ1) is 20.7. The Balaban J connectivity index is 1.71. The van der Waals surface area contributed by atoms with Crippen LogP contribution in [0.4, 0.5) is 0 Å². The van der Waals surface area contributed by atoms with Gasteiger partial charge in [-0.2, -0.15) is 10.4 Å². The van der Waals surface area contributed by atoms with Gasteiger partial charge in [-0.3, -0.25) is 4.79 Å². The minimum Gasteiger partial charge on any atom is -0.493 e. The maximum atomic E-state index is 12.5. The minimum absolute atomic E-state index is 0.0685. The average molecular weight is 402 g/mol. The van der Waals surface area contributed by atoms with Crippen LogP contribution in [0.15, 0.2) is 59.7 Å². The standard InChI is InChI=1S/C23H22N4O3/c1-16-7-8-17(2)27(16)20-6-4-5-19(14-20)23(28)26-25-15-18-9-10-21(30-12-11-24)22(13-18)29-3/h4-10,13-15H,12H2,1-3H3,(H,26,28)/b25-15-. The molecule has 0 aliphatic heterocycles. The number of amides is 1. The molecule has 0 bridgehead atoms. The van der Waals surface area contributed by atoms with Gasteiger partial charge < -0.3 is 14.0 Å². The summed E-state index contributed by atoms with van der Waals surface area (Å²) < 4.78 is 12.6. The van der Waals surface area contributed by atoms with E-state index in [9.17, 15) is 4.79 Å². The number of benzene rings is 2. The average Bonchev–Trinajstić information content (AvgIpc) is 3.10. The number of hydrogen-bond donors (Lipinski definition) is 1. The molecule has 1 aromatic heterocycles. The number of aryl methyl sites for hydroxylation is 2. The van der Waals surface area contributed by atoms with E-state index in [-0.39, 0.29) is 12.5 Å². The lowest BCUT2D eigenvalue weighted by Crippen LogP contribution is -2.18. The lowest BCUT2D eigenvalue weighted by molar-refractivity contribution is 0.0955. The van der Waals surface area contributed by atoms with Crippen molar-refractivity contribution in [2.45, 2.75) is 13.8 Å². The Bertz CT molecular complexity index is 1110. The van der Waals surface area contributed by atoms with E-state index in [1.54, 1.807) is 24.3 Å². The summed E-state index contributed by atoms with van der Waals surface area (Å²) >= 11 is 0. The Kier molecular flexibility index (Phi) is 6.50. The van der Waals surface area contributed by atoms with E-state index in [4.69, 9.17) is 14.7 Å². The van der Waals surface area contributed by atoms with Crippen LogP contribution in [0.25, 0.3) is 5.69 Å². The van der Waals surface area contributed by atoms with E-state index in [0.717, 1.165) is 17.1 Å². The fraction of sp³-hybridized carbons (Fsp3) is 0.174. The third-order valence-electron chi connectivity index (χ3n) is 4.50. The first-order chi connectivity index (χ1) is 14.5. The van der Waals surface area contributed by atoms with Gasteiger partial charge in [-0.25, -0.2) is 5.43 Å². The van der Waals surface area contributed by atoms with Crippen molar-refractivity contribution in [3.05, 3.63) is 77.1 Å². The molecule has 0 aliphatic rings. The van der Waals surface area contributed by atoms with Gasteiger partial charge in [-0.05, 0) is 67.9 Å². The summed E-state index contributed by atoms with van der Waals surface area (Å²) in [5.41, 5.74) is 6.88. The van der Waals surface area contributed by atoms with Crippen molar-refractivity contribution in [3.8, 4) is 23.3 Å². The highest BCUT2D eigenvalue weighted by molar-refractivity contribution is 5.95. The number of ether oxygens (including phenoxy) is 2. The van der Waals surface area contributed by atoms with Crippen molar-refractivity contribution < 1.29 is 14.3 Å². The predicted molar refractivity (Wildman–Crippen MR) is 114 cm³/mol. The summed E-state index contributed by atoms with van der Waals surface area (Å²) in [6.07, 6.45) is 1.51. The van der Waals surface area contributed by atoms with E-state index in [1.165, 1.54) is 13.3 Å². The second-order valence-corrected chi connectivity index (χ2v) is 6.56. The monoisotopic (exact) mass is 402 g/mol. The van der Waals surface area contributed by atoms with Crippen LogP contribution in [0.3, 0.4) is 0 Å². The molecule has 2 aromatic carbocycles. The number of hydrogen-bond acceptors (Lipinski definition) is 5. The largest absolute Gasteiger partial charge is 0.493 e. The van der Waals surface area contributed by atoms with Crippen molar-refractivity contribution in [2.75, 3.05) is 13.7 Å². The Morgan fingerprint density at radius 3 is 2.60 bits per heavy atom. The summed E-state index contributed by atoms with van der Waals surface area (Å²) in [6.45, 7) is 3.98. The Morgan fingerprint density at radius 1 is 1.13 bits per heavy atom. The predicted octanol–water partition coefficient (Wildman–Crippen LogP) is 3.77. The molecule has 1 N–H and O–H groups in total. The molecular weight excluding hydrogens is 380 g/mol. The van der Waals surface area contributed by atoms with Gasteiger partial charge in [0.2, 0.25) is 0 Å². The Labute approximate surface area is 175 Å². The molecular formula is C23H22N4O3. The zero-order valence-electron chi connectivity index (χ0n) is 17.0. The highest BCUT2D eigenvalue weighted by Crippen LogP contribution is 2.27. The summed E-state index contributed by atoms with van der Waals surface area (Å²) in [6, 6.07) is 18.5. The molecule has 7 heteroatoms. The maximum absolute atomic E-state index is 12.5. The number of nitrogens with zero attached hydrogens (tertiary/aromatic N) is 3. The summed E-state index contributed by atoms with van der Waals surface area (Å²) in [5, 5.41) is 12.7. The molecule has 0 spiro atoms. The molecule has 0 saturated heterocycles. The van der Waals surface area contributed by atoms with Crippen LogP contribution in [0.1, 0.15) is 27.3 Å². The van der Waals surface area contributed by atoms with Gasteiger partial charge in [0.25, 0.3) is 5.91 Å². The highest BCUT2D eigenvalue weighted by Gasteiger charge is 2.09. The Hall–Kier alpha value is -4.05. The van der Waals surface area contributed by atoms with Crippen molar-refractivity contribution in [3.63, 3.8) is 0 Å². The van der Waals surface area contributed by atoms with Crippen LogP contribution in [-0.2, 0) is 0 Å². The molecule has 7 nitrogen and oxygen atoms in total. The molecule has 0 atom stereocenters. The van der Waals surface area contributed by atoms with Gasteiger partial charge >= 0.3 is 0 Å². The van der Waals surface area contributed by atoms with E-state index in [1.807, 2.05) is 50.2 Å². The lowest BCUT2D eigenvalue weighted by Gasteiger charge is -2.10. The second-order valence-electron chi connectivity index (χ2n) is 6.56. The van der Waals surface area contributed by atoms with Gasteiger partial charge in [-0.15, -0.1) is 0 Å². The third-order valence-corrected chi connectivity index (χ3v) is 4.50. The van der Waals surface area contributed by atoms with Crippen LogP contribution in [0.5, 0.6) is 11.5 Å². The van der Waals surface area contributed by atoms with Crippen molar-refractivity contribution in [1.82, 2.24) is 9.99 Å². The third kappa shape index (κ3) is 4.67. The van der Waals surface area contributed by atoms with E-state index in [0.29, 0.717) is 22.6 Å². The fourth-order valence-corrected chi connectivity index (χ4v) is 3.09. The zero-order valence-corrected chi connectivity index (χ0v) is 17.0. The molecule has 0 saturated carbocycles. The number of carbonyl (C=O) groups is 1. The van der Waals surface area contributed by atoms with Crippen molar-refractivity contribution >= 4 is 12.1 Å². The molecule has 1 amide bonds. The summed E-state index contributed by atoms with van der Waals surface area (Å²) in [7, 11) is 1.51. The zero-order chi connectivity index (χ0) is 21.5. The second kappa shape index (κ2) is 9.43. The SMILES string of the molecule is COc1cc(/C=N\NC(=O)c2cccc(-n3c(C)ccc3C)c2)ccc1OCC#N. The van der Waals surface area contributed by atoms with E-state index >= 15 is 0 Å².